The molecule has 0 fully saturated rings. The number of hydrogen-bond donors (Lipinski definition) is 3. The van der Waals surface area contributed by atoms with Gasteiger partial charge in [-0.3, -0.25) is 10.1 Å². The molecule has 1 aromatic heterocycles. The summed E-state index contributed by atoms with van der Waals surface area (Å²) < 4.78 is 37.9. The second-order valence-electron chi connectivity index (χ2n) is 5.38. The number of rotatable bonds is 4. The van der Waals surface area contributed by atoms with Crippen LogP contribution >= 0.6 is 0 Å². The molecule has 22 heavy (non-hydrogen) atoms. The van der Waals surface area contributed by atoms with Crippen LogP contribution in [0.3, 0.4) is 0 Å². The maximum atomic E-state index is 12.6. The number of carbonyl (C=O) groups is 1. The summed E-state index contributed by atoms with van der Waals surface area (Å²) in [6.07, 6.45) is -5.34. The summed E-state index contributed by atoms with van der Waals surface area (Å²) in [4.78, 5) is 18.3. The molecule has 0 saturated carbocycles. The predicted octanol–water partition coefficient (Wildman–Crippen LogP) is 2.93. The van der Waals surface area contributed by atoms with Gasteiger partial charge in [-0.15, -0.1) is 0 Å². The van der Waals surface area contributed by atoms with Crippen molar-refractivity contribution in [2.75, 3.05) is 5.32 Å². The number of anilines is 1. The highest BCUT2D eigenvalue weighted by molar-refractivity contribution is 5.91. The smallest absolute Gasteiger partial charge is 0.392 e. The predicted molar refractivity (Wildman–Crippen MR) is 75.2 cm³/mol. The van der Waals surface area contributed by atoms with Gasteiger partial charge in [0.05, 0.1) is 29.1 Å². The quantitative estimate of drug-likeness (QED) is 0.812. The number of imidazole rings is 1. The van der Waals surface area contributed by atoms with Gasteiger partial charge in [-0.05, 0) is 24.1 Å². The molecule has 1 heterocycles. The van der Waals surface area contributed by atoms with Gasteiger partial charge in [-0.1, -0.05) is 13.8 Å². The molecule has 5 nitrogen and oxygen atoms in total. The van der Waals surface area contributed by atoms with Crippen LogP contribution in [-0.4, -0.2) is 27.1 Å². The van der Waals surface area contributed by atoms with Crippen LogP contribution in [-0.2, 0) is 11.0 Å². The summed E-state index contributed by atoms with van der Waals surface area (Å²) in [5.41, 5.74) is -0.306. The van der Waals surface area contributed by atoms with Crippen LogP contribution in [0.15, 0.2) is 18.2 Å². The molecule has 2 rings (SSSR count). The SMILES string of the molecule is CC(C)C(O)CC(=O)Nc1nc2ccc(C(F)(F)F)cc2[nH]1. The molecule has 0 radical (unpaired) electrons. The first-order valence-corrected chi connectivity index (χ1v) is 6.71. The van der Waals surface area contributed by atoms with E-state index < -0.39 is 23.8 Å². The number of aliphatic hydroxyl groups excluding tert-OH is 1. The van der Waals surface area contributed by atoms with Gasteiger partial charge in [0, 0.05) is 0 Å². The van der Waals surface area contributed by atoms with Crippen molar-refractivity contribution in [3.05, 3.63) is 23.8 Å². The average Bonchev–Trinajstić information content (AvgIpc) is 2.77. The zero-order valence-electron chi connectivity index (χ0n) is 12.0. The van der Waals surface area contributed by atoms with E-state index in [0.717, 1.165) is 12.1 Å². The van der Waals surface area contributed by atoms with Crippen LogP contribution in [0, 0.1) is 5.92 Å². The number of nitrogens with one attached hydrogen (secondary N) is 2. The largest absolute Gasteiger partial charge is 0.416 e. The monoisotopic (exact) mass is 315 g/mol. The first kappa shape index (κ1) is 16.3. The van der Waals surface area contributed by atoms with Gasteiger partial charge in [0.1, 0.15) is 0 Å². The van der Waals surface area contributed by atoms with E-state index in [1.165, 1.54) is 6.07 Å². The molecule has 1 aromatic carbocycles. The first-order chi connectivity index (χ1) is 10.2. The Morgan fingerprint density at radius 2 is 2.09 bits per heavy atom. The maximum absolute atomic E-state index is 12.6. The number of benzene rings is 1. The fraction of sp³-hybridized carbons (Fsp3) is 0.429. The van der Waals surface area contributed by atoms with E-state index in [0.29, 0.717) is 5.52 Å². The standard InChI is InChI=1S/C14H16F3N3O2/c1-7(2)11(21)6-12(22)20-13-18-9-4-3-8(14(15,16)17)5-10(9)19-13/h3-5,7,11,21H,6H2,1-2H3,(H2,18,19,20,22). The highest BCUT2D eigenvalue weighted by Gasteiger charge is 2.30. The second-order valence-corrected chi connectivity index (χ2v) is 5.38. The normalized spacial score (nSPS) is 13.6. The van der Waals surface area contributed by atoms with E-state index in [-0.39, 0.29) is 23.8 Å². The Hall–Kier alpha value is -2.09. The number of nitrogens with zero attached hydrogens (tertiary/aromatic N) is 1. The summed E-state index contributed by atoms with van der Waals surface area (Å²) in [5.74, 6) is -0.484. The molecular weight excluding hydrogens is 299 g/mol. The van der Waals surface area contributed by atoms with E-state index in [2.05, 4.69) is 15.3 Å². The Morgan fingerprint density at radius 1 is 1.41 bits per heavy atom. The van der Waals surface area contributed by atoms with Gasteiger partial charge < -0.3 is 10.1 Å². The molecule has 0 aliphatic heterocycles. The van der Waals surface area contributed by atoms with Gasteiger partial charge in [0.2, 0.25) is 11.9 Å². The number of hydrogen-bond acceptors (Lipinski definition) is 3. The number of halogens is 3. The Kier molecular flexibility index (Phi) is 4.41. The van der Waals surface area contributed by atoms with Crippen molar-refractivity contribution >= 4 is 22.9 Å². The molecule has 1 amide bonds. The maximum Gasteiger partial charge on any atom is 0.416 e. The average molecular weight is 315 g/mol. The van der Waals surface area contributed by atoms with Gasteiger partial charge in [-0.2, -0.15) is 13.2 Å². The molecule has 1 atom stereocenters. The Bertz CT molecular complexity index is 680. The summed E-state index contributed by atoms with van der Waals surface area (Å²) in [5, 5.41) is 12.1. The summed E-state index contributed by atoms with van der Waals surface area (Å²) in [7, 11) is 0. The number of alkyl halides is 3. The number of aliphatic hydroxyl groups is 1. The van der Waals surface area contributed by atoms with Crippen molar-refractivity contribution in [1.29, 1.82) is 0 Å². The number of carbonyl (C=O) groups excluding carboxylic acids is 1. The molecule has 0 spiro atoms. The molecule has 120 valence electrons. The lowest BCUT2D eigenvalue weighted by Gasteiger charge is -2.12. The molecule has 0 saturated heterocycles. The fourth-order valence-corrected chi connectivity index (χ4v) is 1.85. The van der Waals surface area contributed by atoms with Gasteiger partial charge in [-0.25, -0.2) is 4.98 Å². The number of aromatic amines is 1. The third-order valence-corrected chi connectivity index (χ3v) is 3.23. The van der Waals surface area contributed by atoms with Gasteiger partial charge >= 0.3 is 6.18 Å². The van der Waals surface area contributed by atoms with Crippen molar-refractivity contribution in [3.63, 3.8) is 0 Å². The zero-order chi connectivity index (χ0) is 16.5. The van der Waals surface area contributed by atoms with Gasteiger partial charge in [0.15, 0.2) is 0 Å². The fourth-order valence-electron chi connectivity index (χ4n) is 1.85. The highest BCUT2D eigenvalue weighted by atomic mass is 19.4. The third-order valence-electron chi connectivity index (χ3n) is 3.23. The number of H-pyrrole nitrogens is 1. The summed E-state index contributed by atoms with van der Waals surface area (Å²) in [6.45, 7) is 3.55. The van der Waals surface area contributed by atoms with Crippen LogP contribution in [0.4, 0.5) is 19.1 Å². The molecule has 2 aromatic rings. The molecule has 8 heteroatoms. The Labute approximate surface area is 124 Å². The summed E-state index contributed by atoms with van der Waals surface area (Å²) >= 11 is 0. The summed E-state index contributed by atoms with van der Waals surface area (Å²) in [6, 6.07) is 3.09. The number of aromatic nitrogens is 2. The van der Waals surface area contributed by atoms with Crippen molar-refractivity contribution in [2.24, 2.45) is 5.92 Å². The van der Waals surface area contributed by atoms with Crippen molar-refractivity contribution in [3.8, 4) is 0 Å². The van der Waals surface area contributed by atoms with E-state index in [1.54, 1.807) is 13.8 Å². The molecular formula is C14H16F3N3O2. The minimum atomic E-state index is -4.44. The van der Waals surface area contributed by atoms with Gasteiger partial charge in [0.25, 0.3) is 0 Å². The lowest BCUT2D eigenvalue weighted by Crippen LogP contribution is -2.24. The van der Waals surface area contributed by atoms with Crippen LogP contribution in [0.5, 0.6) is 0 Å². The first-order valence-electron chi connectivity index (χ1n) is 6.71. The zero-order valence-corrected chi connectivity index (χ0v) is 12.0. The molecule has 0 aliphatic carbocycles. The van der Waals surface area contributed by atoms with E-state index in [1.807, 2.05) is 0 Å². The third kappa shape index (κ3) is 3.76. The lowest BCUT2D eigenvalue weighted by atomic mass is 10.0. The van der Waals surface area contributed by atoms with Crippen LogP contribution < -0.4 is 5.32 Å². The topological polar surface area (TPSA) is 78.0 Å². The van der Waals surface area contributed by atoms with Crippen LogP contribution in [0.1, 0.15) is 25.8 Å². The molecule has 3 N–H and O–H groups in total. The van der Waals surface area contributed by atoms with E-state index >= 15 is 0 Å². The Morgan fingerprint density at radius 3 is 2.68 bits per heavy atom. The molecule has 0 bridgehead atoms. The Balaban J connectivity index is 2.14. The van der Waals surface area contributed by atoms with Crippen molar-refractivity contribution in [1.82, 2.24) is 9.97 Å². The van der Waals surface area contributed by atoms with Crippen LogP contribution in [0.2, 0.25) is 0 Å². The van der Waals surface area contributed by atoms with Crippen molar-refractivity contribution in [2.45, 2.75) is 32.5 Å². The van der Waals surface area contributed by atoms with E-state index in [9.17, 15) is 23.1 Å². The molecule has 1 unspecified atom stereocenters. The van der Waals surface area contributed by atoms with Crippen LogP contribution in [0.25, 0.3) is 11.0 Å². The highest BCUT2D eigenvalue weighted by Crippen LogP contribution is 2.31. The van der Waals surface area contributed by atoms with Crippen molar-refractivity contribution < 1.29 is 23.1 Å². The minimum Gasteiger partial charge on any atom is -0.392 e. The molecule has 0 aliphatic rings. The minimum absolute atomic E-state index is 0.0512. The number of fused-ring (bicyclic) bond motifs is 1. The van der Waals surface area contributed by atoms with E-state index in [4.69, 9.17) is 0 Å². The second kappa shape index (κ2) is 5.96. The lowest BCUT2D eigenvalue weighted by molar-refractivity contribution is -0.137. The number of amides is 1.